The number of piperidine rings is 1. The zero-order chi connectivity index (χ0) is 12.7. The first kappa shape index (κ1) is 12.4. The van der Waals surface area contributed by atoms with Crippen molar-refractivity contribution in [1.82, 2.24) is 9.80 Å². The Morgan fingerprint density at radius 2 is 1.83 bits per heavy atom. The quantitative estimate of drug-likeness (QED) is 0.821. The molecule has 4 nitrogen and oxygen atoms in total. The molecule has 0 amide bonds. The maximum Gasteiger partial charge on any atom is 0.306 e. The van der Waals surface area contributed by atoms with Crippen LogP contribution in [0.1, 0.15) is 32.6 Å². The van der Waals surface area contributed by atoms with E-state index in [1.54, 1.807) is 0 Å². The van der Waals surface area contributed by atoms with Crippen LogP contribution >= 0.6 is 0 Å². The van der Waals surface area contributed by atoms with Crippen LogP contribution in [0.15, 0.2) is 0 Å². The molecule has 3 unspecified atom stereocenters. The molecule has 3 atom stereocenters. The molecule has 102 valence electrons. The minimum absolute atomic E-state index is 0.176. The van der Waals surface area contributed by atoms with Gasteiger partial charge in [-0.05, 0) is 31.7 Å². The number of aliphatic carboxylic acids is 1. The molecule has 3 aliphatic heterocycles. The van der Waals surface area contributed by atoms with Gasteiger partial charge in [-0.15, -0.1) is 0 Å². The predicted molar refractivity (Wildman–Crippen MR) is 69.5 cm³/mol. The van der Waals surface area contributed by atoms with E-state index in [1.807, 2.05) is 6.92 Å². The zero-order valence-corrected chi connectivity index (χ0v) is 11.2. The first-order chi connectivity index (χ1) is 8.66. The lowest BCUT2D eigenvalue weighted by Gasteiger charge is -2.47. The van der Waals surface area contributed by atoms with Crippen molar-refractivity contribution >= 4 is 5.97 Å². The molecule has 0 aromatic heterocycles. The van der Waals surface area contributed by atoms with E-state index in [2.05, 4.69) is 9.80 Å². The molecule has 18 heavy (non-hydrogen) atoms. The van der Waals surface area contributed by atoms with E-state index in [1.165, 1.54) is 38.8 Å². The van der Waals surface area contributed by atoms with Crippen LogP contribution in [0.2, 0.25) is 0 Å². The van der Waals surface area contributed by atoms with Gasteiger partial charge in [0.15, 0.2) is 0 Å². The summed E-state index contributed by atoms with van der Waals surface area (Å²) in [6, 6.07) is 1.47. The first-order valence-electron chi connectivity index (χ1n) is 7.37. The Labute approximate surface area is 109 Å². The third-order valence-electron chi connectivity index (χ3n) is 5.32. The van der Waals surface area contributed by atoms with Gasteiger partial charge in [-0.2, -0.15) is 0 Å². The van der Waals surface area contributed by atoms with Crippen molar-refractivity contribution in [3.05, 3.63) is 0 Å². The van der Waals surface area contributed by atoms with E-state index in [0.29, 0.717) is 12.0 Å². The highest BCUT2D eigenvalue weighted by atomic mass is 16.4. The molecular weight excluding hydrogens is 228 g/mol. The van der Waals surface area contributed by atoms with Crippen molar-refractivity contribution in [2.45, 2.75) is 44.7 Å². The van der Waals surface area contributed by atoms with Crippen molar-refractivity contribution in [1.29, 1.82) is 0 Å². The number of carboxylic acid groups (broad SMARTS) is 1. The number of rotatable bonds is 3. The fourth-order valence-electron chi connectivity index (χ4n) is 3.98. The van der Waals surface area contributed by atoms with Crippen molar-refractivity contribution in [3.8, 4) is 0 Å². The summed E-state index contributed by atoms with van der Waals surface area (Å²) >= 11 is 0. The third kappa shape index (κ3) is 2.05. The third-order valence-corrected chi connectivity index (χ3v) is 5.32. The normalized spacial score (nSPS) is 36.1. The molecule has 3 fully saturated rings. The number of carboxylic acids is 1. The van der Waals surface area contributed by atoms with Gasteiger partial charge in [0.05, 0.1) is 5.92 Å². The van der Waals surface area contributed by atoms with Crippen LogP contribution in [0, 0.1) is 11.8 Å². The lowest BCUT2D eigenvalue weighted by molar-refractivity contribution is -0.146. The minimum Gasteiger partial charge on any atom is -0.481 e. The molecule has 0 aromatic rings. The Hall–Kier alpha value is -0.610. The maximum absolute atomic E-state index is 11.0. The molecule has 1 N–H and O–H groups in total. The van der Waals surface area contributed by atoms with E-state index in [-0.39, 0.29) is 5.92 Å². The van der Waals surface area contributed by atoms with E-state index in [4.69, 9.17) is 5.11 Å². The summed E-state index contributed by atoms with van der Waals surface area (Å²) in [6.07, 6.45) is 5.38. The molecule has 0 bridgehead atoms. The van der Waals surface area contributed by atoms with Crippen LogP contribution in [0.25, 0.3) is 0 Å². The van der Waals surface area contributed by atoms with Crippen LogP contribution < -0.4 is 0 Å². The van der Waals surface area contributed by atoms with Gasteiger partial charge in [0.1, 0.15) is 0 Å². The molecular formula is C14H24N2O2. The fraction of sp³-hybridized carbons (Fsp3) is 0.929. The summed E-state index contributed by atoms with van der Waals surface area (Å²) in [5.74, 6) is -0.435. The Morgan fingerprint density at radius 3 is 2.56 bits per heavy atom. The minimum atomic E-state index is -0.634. The van der Waals surface area contributed by atoms with Gasteiger partial charge < -0.3 is 5.11 Å². The largest absolute Gasteiger partial charge is 0.481 e. The molecule has 3 saturated heterocycles. The number of nitrogens with zero attached hydrogens (tertiary/aromatic N) is 2. The second-order valence-corrected chi connectivity index (χ2v) is 6.30. The van der Waals surface area contributed by atoms with Gasteiger partial charge in [0.25, 0.3) is 0 Å². The molecule has 3 rings (SSSR count). The van der Waals surface area contributed by atoms with Crippen molar-refractivity contribution in [2.24, 2.45) is 11.8 Å². The monoisotopic (exact) mass is 252 g/mol. The average Bonchev–Trinajstić information content (AvgIpc) is 2.71. The second-order valence-electron chi connectivity index (χ2n) is 6.30. The molecule has 4 heteroatoms. The molecule has 0 radical (unpaired) electrons. The van der Waals surface area contributed by atoms with Gasteiger partial charge in [0, 0.05) is 31.7 Å². The smallest absolute Gasteiger partial charge is 0.306 e. The molecule has 3 heterocycles. The van der Waals surface area contributed by atoms with E-state index in [0.717, 1.165) is 19.1 Å². The highest BCUT2D eigenvalue weighted by Gasteiger charge is 2.44. The Morgan fingerprint density at radius 1 is 1.11 bits per heavy atom. The highest BCUT2D eigenvalue weighted by Crippen LogP contribution is 2.35. The average molecular weight is 252 g/mol. The van der Waals surface area contributed by atoms with Crippen LogP contribution in [0.5, 0.6) is 0 Å². The Balaban J connectivity index is 1.54. The lowest BCUT2D eigenvalue weighted by Crippen LogP contribution is -2.58. The zero-order valence-electron chi connectivity index (χ0n) is 11.2. The topological polar surface area (TPSA) is 43.8 Å². The molecule has 0 spiro atoms. The van der Waals surface area contributed by atoms with Gasteiger partial charge in [-0.25, -0.2) is 0 Å². The summed E-state index contributed by atoms with van der Waals surface area (Å²) in [6.45, 7) is 6.39. The van der Waals surface area contributed by atoms with Gasteiger partial charge >= 0.3 is 5.97 Å². The van der Waals surface area contributed by atoms with Crippen LogP contribution in [-0.4, -0.2) is 59.1 Å². The van der Waals surface area contributed by atoms with Crippen molar-refractivity contribution in [2.75, 3.05) is 26.2 Å². The molecule has 0 aliphatic carbocycles. The molecule has 0 aromatic carbocycles. The summed E-state index contributed by atoms with van der Waals surface area (Å²) in [5.41, 5.74) is 0. The predicted octanol–water partition coefficient (Wildman–Crippen LogP) is 1.27. The van der Waals surface area contributed by atoms with Gasteiger partial charge in [-0.3, -0.25) is 14.6 Å². The number of hydrogen-bond acceptors (Lipinski definition) is 3. The Kier molecular flexibility index (Phi) is 3.32. The standard InChI is InChI=1S/C14H24N2O2/c1-10(14(17)18)11-8-16(9-11)13-5-7-15-6-3-2-4-12(13)15/h10-13H,2-9H2,1H3,(H,17,18). The van der Waals surface area contributed by atoms with Crippen LogP contribution in [0.3, 0.4) is 0 Å². The SMILES string of the molecule is CC(C(=O)O)C1CN(C2CCN3CCCCC23)C1. The summed E-state index contributed by atoms with van der Waals surface area (Å²) < 4.78 is 0. The van der Waals surface area contributed by atoms with E-state index < -0.39 is 5.97 Å². The highest BCUT2D eigenvalue weighted by molar-refractivity contribution is 5.70. The molecule has 0 saturated carbocycles. The first-order valence-corrected chi connectivity index (χ1v) is 7.37. The number of likely N-dealkylation sites (tertiary alicyclic amines) is 1. The number of hydrogen-bond donors (Lipinski definition) is 1. The van der Waals surface area contributed by atoms with Gasteiger partial charge in [-0.1, -0.05) is 13.3 Å². The summed E-state index contributed by atoms with van der Waals surface area (Å²) in [4.78, 5) is 16.2. The number of carbonyl (C=O) groups is 1. The fourth-order valence-corrected chi connectivity index (χ4v) is 3.98. The van der Waals surface area contributed by atoms with Crippen molar-refractivity contribution in [3.63, 3.8) is 0 Å². The number of fused-ring (bicyclic) bond motifs is 1. The Bertz CT molecular complexity index is 328. The molecule has 3 aliphatic rings. The van der Waals surface area contributed by atoms with E-state index >= 15 is 0 Å². The maximum atomic E-state index is 11.0. The second kappa shape index (κ2) is 4.82. The van der Waals surface area contributed by atoms with Crippen LogP contribution in [-0.2, 0) is 4.79 Å². The summed E-state index contributed by atoms with van der Waals surface area (Å²) in [7, 11) is 0. The van der Waals surface area contributed by atoms with Crippen molar-refractivity contribution < 1.29 is 9.90 Å². The van der Waals surface area contributed by atoms with Gasteiger partial charge in [0.2, 0.25) is 0 Å². The van der Waals surface area contributed by atoms with Crippen LogP contribution in [0.4, 0.5) is 0 Å². The lowest BCUT2D eigenvalue weighted by atomic mass is 9.84. The summed E-state index contributed by atoms with van der Waals surface area (Å²) in [5, 5.41) is 9.03. The van der Waals surface area contributed by atoms with E-state index in [9.17, 15) is 4.79 Å².